The molecule has 1 saturated heterocycles. The van der Waals surface area contributed by atoms with Crippen LogP contribution < -0.4 is 5.32 Å². The van der Waals surface area contributed by atoms with Crippen LogP contribution in [0.2, 0.25) is 0 Å². The molecule has 102 valence electrons. The average molecular weight is 244 g/mol. The van der Waals surface area contributed by atoms with Crippen molar-refractivity contribution in [2.75, 3.05) is 32.8 Å². The topological polar surface area (TPSA) is 44.7 Å². The van der Waals surface area contributed by atoms with Crippen molar-refractivity contribution < 1.29 is 9.84 Å². The van der Waals surface area contributed by atoms with E-state index in [0.717, 1.165) is 39.1 Å². The quantitative estimate of drug-likeness (QED) is 0.697. The average Bonchev–Trinajstić information content (AvgIpc) is 2.34. The highest BCUT2D eigenvalue weighted by Crippen LogP contribution is 2.08. The van der Waals surface area contributed by atoms with Crippen LogP contribution in [0.25, 0.3) is 0 Å². The number of nitrogens with zero attached hydrogens (tertiary/aromatic N) is 1. The third-order valence-electron chi connectivity index (χ3n) is 3.51. The minimum atomic E-state index is 0.259. The number of hydrogen-bond donors (Lipinski definition) is 2. The number of rotatable bonds is 7. The van der Waals surface area contributed by atoms with Crippen LogP contribution in [-0.4, -0.2) is 61.0 Å². The van der Waals surface area contributed by atoms with Crippen molar-refractivity contribution in [2.24, 2.45) is 0 Å². The Morgan fingerprint density at radius 2 is 2.24 bits per heavy atom. The van der Waals surface area contributed by atoms with Crippen LogP contribution >= 0.6 is 0 Å². The molecule has 0 aromatic rings. The molecule has 1 aliphatic heterocycles. The van der Waals surface area contributed by atoms with Gasteiger partial charge >= 0.3 is 0 Å². The predicted molar refractivity (Wildman–Crippen MR) is 70.2 cm³/mol. The summed E-state index contributed by atoms with van der Waals surface area (Å²) in [5, 5.41) is 12.4. The predicted octanol–water partition coefficient (Wildman–Crippen LogP) is 0.846. The maximum Gasteiger partial charge on any atom is 0.0826 e. The second kappa shape index (κ2) is 8.03. The monoisotopic (exact) mass is 244 g/mol. The van der Waals surface area contributed by atoms with Gasteiger partial charge < -0.3 is 15.2 Å². The van der Waals surface area contributed by atoms with E-state index in [-0.39, 0.29) is 6.61 Å². The van der Waals surface area contributed by atoms with Gasteiger partial charge in [0.2, 0.25) is 0 Å². The number of morpholine rings is 1. The Bertz CT molecular complexity index is 200. The molecule has 17 heavy (non-hydrogen) atoms. The van der Waals surface area contributed by atoms with Crippen LogP contribution in [-0.2, 0) is 4.74 Å². The summed E-state index contributed by atoms with van der Waals surface area (Å²) in [5.74, 6) is 0. The molecule has 1 heterocycles. The molecule has 0 aliphatic carbocycles. The molecule has 2 unspecified atom stereocenters. The van der Waals surface area contributed by atoms with E-state index >= 15 is 0 Å². The molecule has 0 radical (unpaired) electrons. The Kier molecular flexibility index (Phi) is 7.04. The molecule has 1 aliphatic rings. The van der Waals surface area contributed by atoms with Gasteiger partial charge in [0.25, 0.3) is 0 Å². The lowest BCUT2D eigenvalue weighted by Crippen LogP contribution is -2.50. The van der Waals surface area contributed by atoms with Crippen LogP contribution in [0.1, 0.15) is 33.6 Å². The molecule has 0 amide bonds. The summed E-state index contributed by atoms with van der Waals surface area (Å²) in [6.45, 7) is 10.7. The number of aliphatic hydroxyl groups excluding tert-OH is 1. The third kappa shape index (κ3) is 5.34. The second-order valence-electron chi connectivity index (χ2n) is 5.11. The van der Waals surface area contributed by atoms with E-state index in [4.69, 9.17) is 9.84 Å². The summed E-state index contributed by atoms with van der Waals surface area (Å²) < 4.78 is 5.76. The van der Waals surface area contributed by atoms with Gasteiger partial charge in [0.05, 0.1) is 12.7 Å². The first-order valence-electron chi connectivity index (χ1n) is 6.87. The van der Waals surface area contributed by atoms with Crippen LogP contribution in [0.5, 0.6) is 0 Å². The zero-order valence-corrected chi connectivity index (χ0v) is 11.5. The fourth-order valence-corrected chi connectivity index (χ4v) is 2.24. The van der Waals surface area contributed by atoms with E-state index in [9.17, 15) is 0 Å². The van der Waals surface area contributed by atoms with Crippen molar-refractivity contribution in [1.29, 1.82) is 0 Å². The van der Waals surface area contributed by atoms with Gasteiger partial charge in [0.1, 0.15) is 0 Å². The molecule has 1 rings (SSSR count). The van der Waals surface area contributed by atoms with Crippen molar-refractivity contribution >= 4 is 0 Å². The van der Waals surface area contributed by atoms with E-state index in [2.05, 4.69) is 31.0 Å². The molecular weight excluding hydrogens is 216 g/mol. The zero-order valence-electron chi connectivity index (χ0n) is 11.5. The van der Waals surface area contributed by atoms with Gasteiger partial charge in [-0.05, 0) is 26.7 Å². The van der Waals surface area contributed by atoms with Crippen LogP contribution in [0, 0.1) is 0 Å². The van der Waals surface area contributed by atoms with Crippen LogP contribution in [0.3, 0.4) is 0 Å². The van der Waals surface area contributed by atoms with Gasteiger partial charge in [-0.3, -0.25) is 4.90 Å². The van der Waals surface area contributed by atoms with Crippen molar-refractivity contribution in [2.45, 2.75) is 51.8 Å². The summed E-state index contributed by atoms with van der Waals surface area (Å²) in [6.07, 6.45) is 2.18. The van der Waals surface area contributed by atoms with Gasteiger partial charge in [-0.2, -0.15) is 0 Å². The summed E-state index contributed by atoms with van der Waals surface area (Å²) in [4.78, 5) is 2.46. The first kappa shape index (κ1) is 14.9. The fraction of sp³-hybridized carbons (Fsp3) is 1.00. The van der Waals surface area contributed by atoms with Gasteiger partial charge in [-0.15, -0.1) is 0 Å². The number of aliphatic hydroxyl groups is 1. The highest BCUT2D eigenvalue weighted by Gasteiger charge is 2.22. The Balaban J connectivity index is 2.26. The standard InChI is InChI=1S/C13H28N2O2/c1-4-12(5-7-16)14-9-13-10-15(11(2)3)6-8-17-13/h11-14,16H,4-10H2,1-3H3. The van der Waals surface area contributed by atoms with E-state index < -0.39 is 0 Å². The lowest BCUT2D eigenvalue weighted by atomic mass is 10.1. The fourth-order valence-electron chi connectivity index (χ4n) is 2.24. The SMILES string of the molecule is CCC(CCO)NCC1CN(C(C)C)CCO1. The molecule has 2 N–H and O–H groups in total. The Morgan fingerprint density at radius 3 is 2.82 bits per heavy atom. The number of hydrogen-bond acceptors (Lipinski definition) is 4. The highest BCUT2D eigenvalue weighted by atomic mass is 16.5. The lowest BCUT2D eigenvalue weighted by Gasteiger charge is -2.36. The Hall–Kier alpha value is -0.160. The summed E-state index contributed by atoms with van der Waals surface area (Å²) in [7, 11) is 0. The van der Waals surface area contributed by atoms with E-state index in [1.807, 2.05) is 0 Å². The van der Waals surface area contributed by atoms with Crippen LogP contribution in [0.15, 0.2) is 0 Å². The number of ether oxygens (including phenoxy) is 1. The molecule has 0 aromatic carbocycles. The van der Waals surface area contributed by atoms with Gasteiger partial charge in [0.15, 0.2) is 0 Å². The molecule has 0 aromatic heterocycles. The normalized spacial score (nSPS) is 24.2. The largest absolute Gasteiger partial charge is 0.396 e. The van der Waals surface area contributed by atoms with Gasteiger partial charge in [-0.25, -0.2) is 0 Å². The minimum absolute atomic E-state index is 0.259. The Labute approximate surface area is 105 Å². The third-order valence-corrected chi connectivity index (χ3v) is 3.51. The lowest BCUT2D eigenvalue weighted by molar-refractivity contribution is -0.0383. The smallest absolute Gasteiger partial charge is 0.0826 e. The number of nitrogens with one attached hydrogen (secondary N) is 1. The summed E-state index contributed by atoms with van der Waals surface area (Å²) in [5.41, 5.74) is 0. The molecule has 4 nitrogen and oxygen atoms in total. The van der Waals surface area contributed by atoms with Crippen molar-refractivity contribution in [3.63, 3.8) is 0 Å². The zero-order chi connectivity index (χ0) is 12.7. The summed E-state index contributed by atoms with van der Waals surface area (Å²) in [6, 6.07) is 1.01. The summed E-state index contributed by atoms with van der Waals surface area (Å²) >= 11 is 0. The van der Waals surface area contributed by atoms with E-state index in [1.165, 1.54) is 0 Å². The first-order chi connectivity index (χ1) is 8.17. The highest BCUT2D eigenvalue weighted by molar-refractivity contribution is 4.77. The maximum absolute atomic E-state index is 8.94. The molecule has 2 atom stereocenters. The first-order valence-corrected chi connectivity index (χ1v) is 6.87. The van der Waals surface area contributed by atoms with E-state index in [0.29, 0.717) is 18.2 Å². The second-order valence-corrected chi connectivity index (χ2v) is 5.11. The van der Waals surface area contributed by atoms with Crippen LogP contribution in [0.4, 0.5) is 0 Å². The van der Waals surface area contributed by atoms with Gasteiger partial charge in [-0.1, -0.05) is 6.92 Å². The van der Waals surface area contributed by atoms with Crippen molar-refractivity contribution in [3.8, 4) is 0 Å². The van der Waals surface area contributed by atoms with Crippen molar-refractivity contribution in [3.05, 3.63) is 0 Å². The van der Waals surface area contributed by atoms with E-state index in [1.54, 1.807) is 0 Å². The maximum atomic E-state index is 8.94. The molecule has 1 fully saturated rings. The Morgan fingerprint density at radius 1 is 1.47 bits per heavy atom. The molecule has 0 saturated carbocycles. The molecular formula is C13H28N2O2. The van der Waals surface area contributed by atoms with Gasteiger partial charge in [0, 0.05) is 38.3 Å². The molecule has 4 heteroatoms. The molecule has 0 spiro atoms. The van der Waals surface area contributed by atoms with Crippen molar-refractivity contribution in [1.82, 2.24) is 10.2 Å². The minimum Gasteiger partial charge on any atom is -0.396 e. The molecule has 0 bridgehead atoms.